The maximum Gasteiger partial charge on any atom is 0.414 e. The lowest BCUT2D eigenvalue weighted by atomic mass is 10.0. The molecular formula is C15H18N2O2S2. The first-order valence-electron chi connectivity index (χ1n) is 7.05. The molecule has 0 bridgehead atoms. The van der Waals surface area contributed by atoms with Crippen molar-refractivity contribution in [1.29, 1.82) is 0 Å². The number of cyclic esters (lactones) is 1. The topological polar surface area (TPSA) is 41.6 Å². The van der Waals surface area contributed by atoms with E-state index in [0.29, 0.717) is 13.1 Å². The molecule has 0 aromatic heterocycles. The molecular weight excluding hydrogens is 304 g/mol. The number of carbonyl (C=O) groups excluding carboxylic acids is 1. The summed E-state index contributed by atoms with van der Waals surface area (Å²) in [5, 5.41) is 3.05. The molecule has 0 saturated carbocycles. The number of fused-ring (bicyclic) bond motifs is 1. The first-order valence-corrected chi connectivity index (χ1v) is 8.62. The van der Waals surface area contributed by atoms with Gasteiger partial charge in [0.15, 0.2) is 0 Å². The number of nitrogens with zero attached hydrogens (tertiary/aromatic N) is 1. The summed E-state index contributed by atoms with van der Waals surface area (Å²) < 4.78 is 5.38. The SMILES string of the molecule is CC(=S)NC[C@H]1CN(c2ccc3c(c2)CCSC3)C(=O)O1. The summed E-state index contributed by atoms with van der Waals surface area (Å²) in [6, 6.07) is 6.29. The van der Waals surface area contributed by atoms with Crippen molar-refractivity contribution in [2.75, 3.05) is 23.7 Å². The fraction of sp³-hybridized carbons (Fsp3) is 0.467. The average Bonchev–Trinajstić information content (AvgIpc) is 2.86. The summed E-state index contributed by atoms with van der Waals surface area (Å²) in [4.78, 5) is 14.5. The Morgan fingerprint density at radius 3 is 3.19 bits per heavy atom. The standard InChI is InChI=1S/C15H18N2O2S2/c1-10(20)16-7-14-8-17(15(18)19-14)13-3-2-12-9-21-5-4-11(12)6-13/h2-3,6,14H,4-5,7-9H2,1H3,(H,16,20)/t14-/m0/s1. The Hall–Kier alpha value is -1.27. The molecule has 21 heavy (non-hydrogen) atoms. The summed E-state index contributed by atoms with van der Waals surface area (Å²) in [5.41, 5.74) is 3.68. The van der Waals surface area contributed by atoms with Crippen LogP contribution in [0.5, 0.6) is 0 Å². The Balaban J connectivity index is 1.72. The van der Waals surface area contributed by atoms with Crippen molar-refractivity contribution in [2.45, 2.75) is 25.2 Å². The molecule has 1 atom stereocenters. The zero-order valence-corrected chi connectivity index (χ0v) is 13.6. The number of thioether (sulfide) groups is 1. The van der Waals surface area contributed by atoms with Gasteiger partial charge in [-0.2, -0.15) is 11.8 Å². The third-order valence-electron chi connectivity index (χ3n) is 3.73. The zero-order chi connectivity index (χ0) is 14.8. The van der Waals surface area contributed by atoms with Crippen LogP contribution in [0.25, 0.3) is 0 Å². The van der Waals surface area contributed by atoms with Gasteiger partial charge in [-0.25, -0.2) is 4.79 Å². The molecule has 1 aromatic carbocycles. The van der Waals surface area contributed by atoms with Crippen LogP contribution in [0.15, 0.2) is 18.2 Å². The van der Waals surface area contributed by atoms with Gasteiger partial charge in [0.05, 0.1) is 18.1 Å². The van der Waals surface area contributed by atoms with Crippen LogP contribution < -0.4 is 10.2 Å². The van der Waals surface area contributed by atoms with Crippen LogP contribution in [0, 0.1) is 0 Å². The summed E-state index contributed by atoms with van der Waals surface area (Å²) in [6.45, 7) is 2.96. The molecule has 1 aromatic rings. The molecule has 2 aliphatic rings. The lowest BCUT2D eigenvalue weighted by Crippen LogP contribution is -2.32. The van der Waals surface area contributed by atoms with Crippen LogP contribution in [-0.4, -0.2) is 36.0 Å². The van der Waals surface area contributed by atoms with Crippen molar-refractivity contribution in [2.24, 2.45) is 0 Å². The second kappa shape index (κ2) is 6.23. The van der Waals surface area contributed by atoms with Crippen LogP contribution in [0.3, 0.4) is 0 Å². The summed E-state index contributed by atoms with van der Waals surface area (Å²) >= 11 is 6.94. The van der Waals surface area contributed by atoms with E-state index in [0.717, 1.165) is 28.6 Å². The molecule has 2 heterocycles. The number of anilines is 1. The number of ether oxygens (including phenoxy) is 1. The van der Waals surface area contributed by atoms with Crippen molar-refractivity contribution in [3.63, 3.8) is 0 Å². The number of aryl methyl sites for hydroxylation is 1. The number of carbonyl (C=O) groups is 1. The smallest absolute Gasteiger partial charge is 0.414 e. The zero-order valence-electron chi connectivity index (χ0n) is 11.9. The Labute approximate surface area is 134 Å². The lowest BCUT2D eigenvalue weighted by Gasteiger charge is -2.19. The van der Waals surface area contributed by atoms with E-state index in [1.54, 1.807) is 4.90 Å². The van der Waals surface area contributed by atoms with Crippen LogP contribution >= 0.6 is 24.0 Å². The third-order valence-corrected chi connectivity index (χ3v) is 4.88. The average molecular weight is 322 g/mol. The van der Waals surface area contributed by atoms with E-state index >= 15 is 0 Å². The van der Waals surface area contributed by atoms with Gasteiger partial charge in [-0.15, -0.1) is 0 Å². The number of rotatable bonds is 3. The fourth-order valence-electron chi connectivity index (χ4n) is 2.61. The molecule has 2 aliphatic heterocycles. The summed E-state index contributed by atoms with van der Waals surface area (Å²) in [6.07, 6.45) is 0.655. The fourth-order valence-corrected chi connectivity index (χ4v) is 3.71. The minimum atomic E-state index is -0.269. The number of thiocarbonyl (C=S) groups is 1. The second-order valence-corrected chi connectivity index (χ2v) is 7.03. The summed E-state index contributed by atoms with van der Waals surface area (Å²) in [5.74, 6) is 2.22. The number of hydrogen-bond acceptors (Lipinski definition) is 4. The monoisotopic (exact) mass is 322 g/mol. The van der Waals surface area contributed by atoms with E-state index in [1.165, 1.54) is 11.1 Å². The molecule has 1 N–H and O–H groups in total. The summed E-state index contributed by atoms with van der Waals surface area (Å²) in [7, 11) is 0. The highest BCUT2D eigenvalue weighted by Crippen LogP contribution is 2.30. The van der Waals surface area contributed by atoms with Gasteiger partial charge in [-0.1, -0.05) is 18.3 Å². The Bertz CT molecular complexity index is 577. The van der Waals surface area contributed by atoms with E-state index < -0.39 is 0 Å². The first kappa shape index (κ1) is 14.7. The lowest BCUT2D eigenvalue weighted by molar-refractivity contribution is 0.143. The van der Waals surface area contributed by atoms with Crippen molar-refractivity contribution in [3.8, 4) is 0 Å². The molecule has 0 unspecified atom stereocenters. The van der Waals surface area contributed by atoms with Crippen molar-refractivity contribution < 1.29 is 9.53 Å². The van der Waals surface area contributed by atoms with Crippen molar-refractivity contribution in [1.82, 2.24) is 5.32 Å². The van der Waals surface area contributed by atoms with Gasteiger partial charge < -0.3 is 10.1 Å². The molecule has 0 spiro atoms. The van der Waals surface area contributed by atoms with Crippen LogP contribution in [0.2, 0.25) is 0 Å². The van der Waals surface area contributed by atoms with Gasteiger partial charge in [0, 0.05) is 11.4 Å². The van der Waals surface area contributed by atoms with Gasteiger partial charge in [0.1, 0.15) is 6.10 Å². The molecule has 1 saturated heterocycles. The van der Waals surface area contributed by atoms with Gasteiger partial charge in [0.25, 0.3) is 0 Å². The van der Waals surface area contributed by atoms with Crippen LogP contribution in [0.1, 0.15) is 18.1 Å². The predicted molar refractivity (Wildman–Crippen MR) is 90.2 cm³/mol. The molecule has 0 radical (unpaired) electrons. The van der Waals surface area contributed by atoms with E-state index in [9.17, 15) is 4.79 Å². The third kappa shape index (κ3) is 3.32. The van der Waals surface area contributed by atoms with E-state index in [1.807, 2.05) is 24.8 Å². The van der Waals surface area contributed by atoms with E-state index in [-0.39, 0.29) is 12.2 Å². The Morgan fingerprint density at radius 1 is 1.52 bits per heavy atom. The molecule has 4 nitrogen and oxygen atoms in total. The van der Waals surface area contributed by atoms with Crippen LogP contribution in [0.4, 0.5) is 10.5 Å². The highest BCUT2D eigenvalue weighted by atomic mass is 32.2. The largest absolute Gasteiger partial charge is 0.442 e. The Kier molecular flexibility index (Phi) is 4.35. The van der Waals surface area contributed by atoms with Gasteiger partial charge in [-0.05, 0) is 42.4 Å². The van der Waals surface area contributed by atoms with Crippen LogP contribution in [-0.2, 0) is 16.9 Å². The number of amides is 1. The number of nitrogens with one attached hydrogen (secondary N) is 1. The predicted octanol–water partition coefficient (Wildman–Crippen LogP) is 2.74. The minimum absolute atomic E-state index is 0.151. The molecule has 112 valence electrons. The number of hydrogen-bond donors (Lipinski definition) is 1. The van der Waals surface area contributed by atoms with Crippen molar-refractivity contribution >= 4 is 40.7 Å². The maximum atomic E-state index is 12.0. The van der Waals surface area contributed by atoms with Gasteiger partial charge >= 0.3 is 6.09 Å². The maximum absolute atomic E-state index is 12.0. The Morgan fingerprint density at radius 2 is 2.38 bits per heavy atom. The first-order chi connectivity index (χ1) is 10.1. The molecule has 3 rings (SSSR count). The normalized spacial score (nSPS) is 20.9. The second-order valence-electron chi connectivity index (χ2n) is 5.31. The molecule has 1 amide bonds. The number of benzene rings is 1. The van der Waals surface area contributed by atoms with E-state index in [4.69, 9.17) is 17.0 Å². The van der Waals surface area contributed by atoms with E-state index in [2.05, 4.69) is 17.4 Å². The van der Waals surface area contributed by atoms with Crippen molar-refractivity contribution in [3.05, 3.63) is 29.3 Å². The highest BCUT2D eigenvalue weighted by molar-refractivity contribution is 7.98. The molecule has 0 aliphatic carbocycles. The molecule has 1 fully saturated rings. The van der Waals surface area contributed by atoms with Gasteiger partial charge in [0.2, 0.25) is 0 Å². The van der Waals surface area contributed by atoms with Gasteiger partial charge in [-0.3, -0.25) is 4.90 Å². The minimum Gasteiger partial charge on any atom is -0.442 e. The highest BCUT2D eigenvalue weighted by Gasteiger charge is 2.32. The quantitative estimate of drug-likeness (QED) is 0.867. The molecule has 6 heteroatoms.